The summed E-state index contributed by atoms with van der Waals surface area (Å²) < 4.78 is 4.46. The zero-order valence-corrected chi connectivity index (χ0v) is 9.89. The van der Waals surface area contributed by atoms with Crippen LogP contribution in [0.1, 0.15) is 18.4 Å². The van der Waals surface area contributed by atoms with Gasteiger partial charge in [0.25, 0.3) is 0 Å². The molecule has 92 valence electrons. The summed E-state index contributed by atoms with van der Waals surface area (Å²) >= 11 is 0. The van der Waals surface area contributed by atoms with Gasteiger partial charge in [0.05, 0.1) is 7.11 Å². The van der Waals surface area contributed by atoms with Gasteiger partial charge in [-0.25, -0.2) is 0 Å². The van der Waals surface area contributed by atoms with Crippen LogP contribution in [0.25, 0.3) is 0 Å². The molecule has 0 radical (unpaired) electrons. The number of nitrogens with two attached hydrogens (primary N) is 1. The largest absolute Gasteiger partial charge is 0.468 e. The van der Waals surface area contributed by atoms with Crippen molar-refractivity contribution in [2.75, 3.05) is 7.11 Å². The van der Waals surface area contributed by atoms with Crippen LogP contribution in [0.3, 0.4) is 0 Å². The van der Waals surface area contributed by atoms with Crippen molar-refractivity contribution in [1.29, 1.82) is 0 Å². The number of rotatable bonds is 6. The second kappa shape index (κ2) is 6.81. The average Bonchev–Trinajstić information content (AvgIpc) is 2.36. The van der Waals surface area contributed by atoms with Gasteiger partial charge < -0.3 is 10.5 Å². The zero-order chi connectivity index (χ0) is 12.7. The first-order chi connectivity index (χ1) is 8.13. The lowest BCUT2D eigenvalue weighted by atomic mass is 10.0. The number of carbonyl (C=O) groups excluding carboxylic acids is 2. The Morgan fingerprint density at radius 2 is 1.94 bits per heavy atom. The van der Waals surface area contributed by atoms with E-state index >= 15 is 0 Å². The molecule has 1 atom stereocenters. The van der Waals surface area contributed by atoms with Crippen molar-refractivity contribution in [3.05, 3.63) is 35.9 Å². The molecule has 4 nitrogen and oxygen atoms in total. The van der Waals surface area contributed by atoms with Crippen LogP contribution in [-0.2, 0) is 20.7 Å². The molecular weight excluding hydrogens is 218 g/mol. The molecule has 0 aliphatic carbocycles. The van der Waals surface area contributed by atoms with Gasteiger partial charge in [-0.05, 0) is 12.0 Å². The van der Waals surface area contributed by atoms with E-state index in [4.69, 9.17) is 5.73 Å². The molecule has 1 unspecified atom stereocenters. The van der Waals surface area contributed by atoms with E-state index in [1.54, 1.807) is 0 Å². The second-order valence-corrected chi connectivity index (χ2v) is 3.86. The molecule has 0 fully saturated rings. The van der Waals surface area contributed by atoms with Crippen molar-refractivity contribution in [3.63, 3.8) is 0 Å². The van der Waals surface area contributed by atoms with E-state index in [1.807, 2.05) is 30.3 Å². The van der Waals surface area contributed by atoms with Crippen LogP contribution >= 0.6 is 0 Å². The molecule has 0 spiro atoms. The summed E-state index contributed by atoms with van der Waals surface area (Å²) in [6.07, 6.45) is 1.11. The molecule has 4 heteroatoms. The lowest BCUT2D eigenvalue weighted by Gasteiger charge is -2.08. The van der Waals surface area contributed by atoms with E-state index in [0.717, 1.165) is 5.56 Å². The van der Waals surface area contributed by atoms with Gasteiger partial charge in [0, 0.05) is 12.8 Å². The Morgan fingerprint density at radius 3 is 2.53 bits per heavy atom. The Balaban J connectivity index is 2.33. The van der Waals surface area contributed by atoms with Gasteiger partial charge in [0.1, 0.15) is 11.8 Å². The van der Waals surface area contributed by atoms with Crippen molar-refractivity contribution in [2.24, 2.45) is 5.73 Å². The van der Waals surface area contributed by atoms with E-state index in [9.17, 15) is 9.59 Å². The van der Waals surface area contributed by atoms with E-state index in [1.165, 1.54) is 7.11 Å². The van der Waals surface area contributed by atoms with Crippen LogP contribution in [0.2, 0.25) is 0 Å². The molecular formula is C13H17NO3. The Morgan fingerprint density at radius 1 is 1.29 bits per heavy atom. The van der Waals surface area contributed by atoms with Crippen molar-refractivity contribution in [1.82, 2.24) is 0 Å². The van der Waals surface area contributed by atoms with E-state index in [0.29, 0.717) is 12.8 Å². The fourth-order valence-electron chi connectivity index (χ4n) is 1.51. The Bertz CT molecular complexity index is 376. The average molecular weight is 235 g/mol. The van der Waals surface area contributed by atoms with Crippen molar-refractivity contribution >= 4 is 11.8 Å². The van der Waals surface area contributed by atoms with Crippen molar-refractivity contribution in [3.8, 4) is 0 Å². The summed E-state index contributed by atoms with van der Waals surface area (Å²) in [7, 11) is 1.26. The highest BCUT2D eigenvalue weighted by Crippen LogP contribution is 2.05. The minimum absolute atomic E-state index is 0.0215. The number of benzene rings is 1. The van der Waals surface area contributed by atoms with Gasteiger partial charge in [0.2, 0.25) is 0 Å². The van der Waals surface area contributed by atoms with Crippen LogP contribution in [-0.4, -0.2) is 24.9 Å². The molecule has 1 aromatic carbocycles. The summed E-state index contributed by atoms with van der Waals surface area (Å²) in [5, 5.41) is 0. The zero-order valence-electron chi connectivity index (χ0n) is 9.89. The lowest BCUT2D eigenvalue weighted by molar-refractivity contribution is -0.143. The molecule has 0 aromatic heterocycles. The maximum Gasteiger partial charge on any atom is 0.323 e. The minimum Gasteiger partial charge on any atom is -0.468 e. The highest BCUT2D eigenvalue weighted by Gasteiger charge is 2.17. The smallest absolute Gasteiger partial charge is 0.323 e. The van der Waals surface area contributed by atoms with E-state index in [2.05, 4.69) is 4.74 Å². The Hall–Kier alpha value is -1.68. The molecule has 0 aliphatic heterocycles. The topological polar surface area (TPSA) is 69.4 Å². The summed E-state index contributed by atoms with van der Waals surface area (Å²) in [5.74, 6) is -0.565. The summed E-state index contributed by atoms with van der Waals surface area (Å²) in [4.78, 5) is 22.6. The molecule has 0 amide bonds. The standard InChI is InChI=1S/C13H17NO3/c1-17-13(16)12(14)9-11(15)8-7-10-5-3-2-4-6-10/h2-6,12H,7-9,14H2,1H3. The molecule has 0 saturated heterocycles. The van der Waals surface area contributed by atoms with E-state index in [-0.39, 0.29) is 12.2 Å². The van der Waals surface area contributed by atoms with Crippen LogP contribution in [0.5, 0.6) is 0 Å². The number of ether oxygens (including phenoxy) is 1. The number of carbonyl (C=O) groups is 2. The molecule has 17 heavy (non-hydrogen) atoms. The number of hydrogen-bond acceptors (Lipinski definition) is 4. The van der Waals surface area contributed by atoms with Crippen LogP contribution in [0.4, 0.5) is 0 Å². The van der Waals surface area contributed by atoms with Gasteiger partial charge in [-0.15, -0.1) is 0 Å². The van der Waals surface area contributed by atoms with Crippen LogP contribution < -0.4 is 5.73 Å². The summed E-state index contributed by atoms with van der Waals surface area (Å²) in [5.41, 5.74) is 6.61. The lowest BCUT2D eigenvalue weighted by Crippen LogP contribution is -2.33. The van der Waals surface area contributed by atoms with Crippen LogP contribution in [0, 0.1) is 0 Å². The first kappa shape index (κ1) is 13.4. The third-order valence-corrected chi connectivity index (χ3v) is 2.49. The first-order valence-corrected chi connectivity index (χ1v) is 5.52. The monoisotopic (exact) mass is 235 g/mol. The predicted octanol–water partition coefficient (Wildman–Crippen LogP) is 1.08. The Kier molecular flexibility index (Phi) is 5.36. The highest BCUT2D eigenvalue weighted by atomic mass is 16.5. The summed E-state index contributed by atoms with van der Waals surface area (Å²) in [6.45, 7) is 0. The molecule has 0 heterocycles. The molecule has 0 bridgehead atoms. The SMILES string of the molecule is COC(=O)C(N)CC(=O)CCc1ccccc1. The van der Waals surface area contributed by atoms with Gasteiger partial charge >= 0.3 is 5.97 Å². The quantitative estimate of drug-likeness (QED) is 0.749. The predicted molar refractivity (Wildman–Crippen MR) is 64.4 cm³/mol. The number of esters is 1. The van der Waals surface area contributed by atoms with Crippen LogP contribution in [0.15, 0.2) is 30.3 Å². The van der Waals surface area contributed by atoms with Gasteiger partial charge in [-0.3, -0.25) is 9.59 Å². The molecule has 0 aliphatic rings. The maximum absolute atomic E-state index is 11.6. The Labute approximate surface area is 101 Å². The maximum atomic E-state index is 11.6. The molecule has 1 rings (SSSR count). The normalized spacial score (nSPS) is 11.9. The third-order valence-electron chi connectivity index (χ3n) is 2.49. The fourth-order valence-corrected chi connectivity index (χ4v) is 1.51. The molecule has 2 N–H and O–H groups in total. The number of ketones is 1. The van der Waals surface area contributed by atoms with Gasteiger partial charge in [0.15, 0.2) is 0 Å². The number of methoxy groups -OCH3 is 1. The third kappa shape index (κ3) is 4.78. The molecule has 0 saturated carbocycles. The van der Waals surface area contributed by atoms with Crippen molar-refractivity contribution in [2.45, 2.75) is 25.3 Å². The fraction of sp³-hybridized carbons (Fsp3) is 0.385. The highest BCUT2D eigenvalue weighted by molar-refractivity contribution is 5.86. The second-order valence-electron chi connectivity index (χ2n) is 3.86. The summed E-state index contributed by atoms with van der Waals surface area (Å²) in [6, 6.07) is 8.88. The minimum atomic E-state index is -0.844. The molecule has 1 aromatic rings. The van der Waals surface area contributed by atoms with E-state index < -0.39 is 12.0 Å². The number of hydrogen-bond donors (Lipinski definition) is 1. The van der Waals surface area contributed by atoms with Crippen molar-refractivity contribution < 1.29 is 14.3 Å². The number of Topliss-reactive ketones (excluding diaryl/α,β-unsaturated/α-hetero) is 1. The number of aryl methyl sites for hydroxylation is 1. The van der Waals surface area contributed by atoms with Gasteiger partial charge in [-0.1, -0.05) is 30.3 Å². The first-order valence-electron chi connectivity index (χ1n) is 5.52. The van der Waals surface area contributed by atoms with Gasteiger partial charge in [-0.2, -0.15) is 0 Å².